The summed E-state index contributed by atoms with van der Waals surface area (Å²) in [4.78, 5) is 4.39. The SMILES string of the molecule is O=S(Cc1coc(-c2ccccc2)n1)Cc1ccccc1Cl. The Balaban J connectivity index is 1.68. The van der Waals surface area contributed by atoms with Crippen LogP contribution in [-0.2, 0) is 22.3 Å². The summed E-state index contributed by atoms with van der Waals surface area (Å²) in [5, 5.41) is 0.640. The highest BCUT2D eigenvalue weighted by Crippen LogP contribution is 2.20. The van der Waals surface area contributed by atoms with Gasteiger partial charge in [0.25, 0.3) is 0 Å². The van der Waals surface area contributed by atoms with Gasteiger partial charge in [0.15, 0.2) is 0 Å². The molecule has 0 aliphatic carbocycles. The molecule has 0 saturated heterocycles. The summed E-state index contributed by atoms with van der Waals surface area (Å²) in [6.45, 7) is 0. The van der Waals surface area contributed by atoms with Gasteiger partial charge in [-0.05, 0) is 23.8 Å². The third kappa shape index (κ3) is 3.64. The van der Waals surface area contributed by atoms with Crippen molar-refractivity contribution in [1.82, 2.24) is 4.98 Å². The lowest BCUT2D eigenvalue weighted by atomic mass is 10.2. The normalized spacial score (nSPS) is 12.2. The second-order valence-electron chi connectivity index (χ2n) is 4.83. The lowest BCUT2D eigenvalue weighted by Gasteiger charge is -2.02. The molecule has 22 heavy (non-hydrogen) atoms. The average molecular weight is 332 g/mol. The van der Waals surface area contributed by atoms with E-state index in [1.165, 1.54) is 0 Å². The maximum Gasteiger partial charge on any atom is 0.226 e. The highest BCUT2D eigenvalue weighted by atomic mass is 35.5. The Morgan fingerprint density at radius 1 is 1.00 bits per heavy atom. The monoisotopic (exact) mass is 331 g/mol. The molecule has 0 amide bonds. The second-order valence-corrected chi connectivity index (χ2v) is 6.69. The molecule has 0 N–H and O–H groups in total. The predicted octanol–water partition coefficient (Wildman–Crippen LogP) is 4.44. The number of oxazole rings is 1. The van der Waals surface area contributed by atoms with Crippen LogP contribution in [0.5, 0.6) is 0 Å². The summed E-state index contributed by atoms with van der Waals surface area (Å²) >= 11 is 6.09. The summed E-state index contributed by atoms with van der Waals surface area (Å²) in [6.07, 6.45) is 1.56. The fourth-order valence-corrected chi connectivity index (χ4v) is 3.54. The van der Waals surface area contributed by atoms with Crippen LogP contribution in [0.15, 0.2) is 65.3 Å². The standard InChI is InChI=1S/C17H14ClNO2S/c18-16-9-5-4-8-14(16)11-22(20)12-15-10-21-17(19-15)13-6-2-1-3-7-13/h1-10H,11-12H2. The summed E-state index contributed by atoms with van der Waals surface area (Å²) in [6, 6.07) is 17.1. The second kappa shape index (κ2) is 6.90. The molecule has 1 atom stereocenters. The Bertz CT molecular complexity index is 786. The summed E-state index contributed by atoms with van der Waals surface area (Å²) in [5.41, 5.74) is 2.48. The van der Waals surface area contributed by atoms with Crippen LogP contribution in [0, 0.1) is 0 Å². The maximum absolute atomic E-state index is 12.3. The highest BCUT2D eigenvalue weighted by Gasteiger charge is 2.11. The van der Waals surface area contributed by atoms with Crippen LogP contribution in [0.2, 0.25) is 5.02 Å². The van der Waals surface area contributed by atoms with Gasteiger partial charge in [0.05, 0.1) is 17.2 Å². The van der Waals surface area contributed by atoms with Gasteiger partial charge in [-0.15, -0.1) is 0 Å². The molecule has 0 fully saturated rings. The minimum absolute atomic E-state index is 0.349. The number of hydrogen-bond donors (Lipinski definition) is 0. The molecule has 3 aromatic rings. The summed E-state index contributed by atoms with van der Waals surface area (Å²) in [7, 11) is -1.08. The maximum atomic E-state index is 12.3. The molecule has 0 spiro atoms. The van der Waals surface area contributed by atoms with Crippen molar-refractivity contribution >= 4 is 22.4 Å². The fraction of sp³-hybridized carbons (Fsp3) is 0.118. The molecular weight excluding hydrogens is 318 g/mol. The topological polar surface area (TPSA) is 43.1 Å². The molecule has 0 bridgehead atoms. The highest BCUT2D eigenvalue weighted by molar-refractivity contribution is 7.83. The van der Waals surface area contributed by atoms with Gasteiger partial charge in [0, 0.05) is 21.4 Å². The number of benzene rings is 2. The lowest BCUT2D eigenvalue weighted by molar-refractivity contribution is 0.573. The van der Waals surface area contributed by atoms with Crippen LogP contribution >= 0.6 is 11.6 Å². The van der Waals surface area contributed by atoms with Crippen LogP contribution in [0.25, 0.3) is 11.5 Å². The Kier molecular flexibility index (Phi) is 4.71. The van der Waals surface area contributed by atoms with E-state index in [9.17, 15) is 4.21 Å². The molecule has 0 aliphatic heterocycles. The van der Waals surface area contributed by atoms with E-state index in [0.717, 1.165) is 11.1 Å². The molecule has 2 aromatic carbocycles. The molecule has 5 heteroatoms. The van der Waals surface area contributed by atoms with Crippen molar-refractivity contribution < 1.29 is 8.63 Å². The van der Waals surface area contributed by atoms with Crippen molar-refractivity contribution in [3.05, 3.63) is 77.1 Å². The first-order chi connectivity index (χ1) is 10.7. The minimum atomic E-state index is -1.08. The van der Waals surface area contributed by atoms with Crippen LogP contribution in [0.3, 0.4) is 0 Å². The molecule has 1 heterocycles. The molecule has 3 nitrogen and oxygen atoms in total. The average Bonchev–Trinajstić information content (AvgIpc) is 2.99. The first kappa shape index (κ1) is 15.0. The zero-order chi connectivity index (χ0) is 15.4. The van der Waals surface area contributed by atoms with Gasteiger partial charge in [0.1, 0.15) is 6.26 Å². The minimum Gasteiger partial charge on any atom is -0.444 e. The van der Waals surface area contributed by atoms with Crippen molar-refractivity contribution in [2.45, 2.75) is 11.5 Å². The van der Waals surface area contributed by atoms with Gasteiger partial charge in [-0.25, -0.2) is 4.98 Å². The first-order valence-corrected chi connectivity index (χ1v) is 8.67. The Morgan fingerprint density at radius 2 is 1.73 bits per heavy atom. The summed E-state index contributed by atoms with van der Waals surface area (Å²) < 4.78 is 17.7. The fourth-order valence-electron chi connectivity index (χ4n) is 2.09. The number of nitrogens with zero attached hydrogens (tertiary/aromatic N) is 1. The molecule has 1 unspecified atom stereocenters. The molecule has 0 saturated carbocycles. The van der Waals surface area contributed by atoms with Crippen molar-refractivity contribution in [3.8, 4) is 11.5 Å². The van der Waals surface area contributed by atoms with Crippen molar-refractivity contribution in [2.75, 3.05) is 0 Å². The number of aromatic nitrogens is 1. The van der Waals surface area contributed by atoms with E-state index < -0.39 is 10.8 Å². The number of hydrogen-bond acceptors (Lipinski definition) is 3. The van der Waals surface area contributed by atoms with Crippen LogP contribution in [0.4, 0.5) is 0 Å². The third-order valence-corrected chi connectivity index (χ3v) is 4.78. The molecule has 0 radical (unpaired) electrons. The number of rotatable bonds is 5. The van der Waals surface area contributed by atoms with E-state index in [2.05, 4.69) is 4.98 Å². The van der Waals surface area contributed by atoms with Crippen LogP contribution in [0.1, 0.15) is 11.3 Å². The molecule has 1 aromatic heterocycles. The van der Waals surface area contributed by atoms with E-state index >= 15 is 0 Å². The van der Waals surface area contributed by atoms with Crippen molar-refractivity contribution in [2.24, 2.45) is 0 Å². The largest absolute Gasteiger partial charge is 0.444 e. The van der Waals surface area contributed by atoms with Gasteiger partial charge in [-0.2, -0.15) is 0 Å². The Morgan fingerprint density at radius 3 is 2.50 bits per heavy atom. The third-order valence-electron chi connectivity index (χ3n) is 3.16. The van der Waals surface area contributed by atoms with E-state index in [1.54, 1.807) is 12.3 Å². The van der Waals surface area contributed by atoms with E-state index in [-0.39, 0.29) is 0 Å². The molecular formula is C17H14ClNO2S. The van der Waals surface area contributed by atoms with E-state index in [1.807, 2.05) is 48.5 Å². The van der Waals surface area contributed by atoms with Gasteiger partial charge in [-0.3, -0.25) is 4.21 Å². The van der Waals surface area contributed by atoms with Crippen LogP contribution in [-0.4, -0.2) is 9.19 Å². The van der Waals surface area contributed by atoms with Crippen LogP contribution < -0.4 is 0 Å². The summed E-state index contributed by atoms with van der Waals surface area (Å²) in [5.74, 6) is 1.31. The first-order valence-electron chi connectivity index (χ1n) is 6.80. The van der Waals surface area contributed by atoms with Gasteiger partial charge >= 0.3 is 0 Å². The van der Waals surface area contributed by atoms with Gasteiger partial charge < -0.3 is 4.42 Å². The van der Waals surface area contributed by atoms with E-state index in [0.29, 0.717) is 28.1 Å². The Labute approximate surface area is 136 Å². The van der Waals surface area contributed by atoms with Crippen molar-refractivity contribution in [1.29, 1.82) is 0 Å². The molecule has 3 rings (SSSR count). The van der Waals surface area contributed by atoms with Gasteiger partial charge in [-0.1, -0.05) is 48.0 Å². The van der Waals surface area contributed by atoms with Gasteiger partial charge in [0.2, 0.25) is 5.89 Å². The van der Waals surface area contributed by atoms with Crippen molar-refractivity contribution in [3.63, 3.8) is 0 Å². The smallest absolute Gasteiger partial charge is 0.226 e. The zero-order valence-corrected chi connectivity index (χ0v) is 13.3. The lowest BCUT2D eigenvalue weighted by Crippen LogP contribution is -2.00. The predicted molar refractivity (Wildman–Crippen MR) is 88.9 cm³/mol. The Hall–Kier alpha value is -1.91. The number of halogens is 1. The quantitative estimate of drug-likeness (QED) is 0.694. The zero-order valence-electron chi connectivity index (χ0n) is 11.7. The van der Waals surface area contributed by atoms with E-state index in [4.69, 9.17) is 16.0 Å². The molecule has 0 aliphatic rings. The molecule has 112 valence electrons.